The molecule has 1 amide bonds. The summed E-state index contributed by atoms with van der Waals surface area (Å²) in [7, 11) is 0. The van der Waals surface area contributed by atoms with E-state index in [0.717, 1.165) is 25.8 Å². The Morgan fingerprint density at radius 1 is 1.24 bits per heavy atom. The number of amides is 1. The molecule has 1 aromatic rings. The van der Waals surface area contributed by atoms with Gasteiger partial charge in [0.15, 0.2) is 0 Å². The van der Waals surface area contributed by atoms with Gasteiger partial charge < -0.3 is 10.6 Å². The maximum atomic E-state index is 12.7. The summed E-state index contributed by atoms with van der Waals surface area (Å²) in [4.78, 5) is 12.7. The highest BCUT2D eigenvalue weighted by molar-refractivity contribution is 5.84. The van der Waals surface area contributed by atoms with Gasteiger partial charge in [-0.15, -0.1) is 0 Å². The second-order valence-corrected chi connectivity index (χ2v) is 6.50. The van der Waals surface area contributed by atoms with Gasteiger partial charge in [0, 0.05) is 12.1 Å². The lowest BCUT2D eigenvalue weighted by Gasteiger charge is -2.32. The Bertz CT molecular complexity index is 494. The van der Waals surface area contributed by atoms with E-state index >= 15 is 0 Å². The number of hydrogen-bond acceptors (Lipinski definition) is 2. The zero-order chi connectivity index (χ0) is 14.7. The maximum absolute atomic E-state index is 12.7. The summed E-state index contributed by atoms with van der Waals surface area (Å²) in [5.41, 5.74) is 2.59. The van der Waals surface area contributed by atoms with E-state index in [9.17, 15) is 4.79 Å². The number of benzene rings is 1. The van der Waals surface area contributed by atoms with Gasteiger partial charge >= 0.3 is 0 Å². The molecular weight excluding hydrogens is 260 g/mol. The van der Waals surface area contributed by atoms with Crippen LogP contribution in [-0.4, -0.2) is 24.5 Å². The first kappa shape index (κ1) is 14.6. The van der Waals surface area contributed by atoms with Crippen molar-refractivity contribution in [1.29, 1.82) is 0 Å². The molecule has 0 aromatic heterocycles. The molecule has 3 atom stereocenters. The van der Waals surface area contributed by atoms with Crippen LogP contribution in [0.1, 0.15) is 56.1 Å². The van der Waals surface area contributed by atoms with Crippen molar-refractivity contribution in [2.75, 3.05) is 6.54 Å². The van der Waals surface area contributed by atoms with E-state index < -0.39 is 0 Å². The Morgan fingerprint density at radius 2 is 2.10 bits per heavy atom. The van der Waals surface area contributed by atoms with E-state index in [4.69, 9.17) is 0 Å². The standard InChI is InChI=1S/C18H26N2O/c1-13(17-11-4-5-12-19-17)20-18(21)16-10-6-8-14-7-2-3-9-15(14)16/h2-3,7,9,13,16-17,19H,4-6,8,10-12H2,1H3,(H,20,21). The third-order valence-electron chi connectivity index (χ3n) is 5.01. The predicted molar refractivity (Wildman–Crippen MR) is 85.4 cm³/mol. The summed E-state index contributed by atoms with van der Waals surface area (Å²) in [6, 6.07) is 9.07. The van der Waals surface area contributed by atoms with Crippen LogP contribution in [0.5, 0.6) is 0 Å². The molecule has 114 valence electrons. The second kappa shape index (κ2) is 6.61. The summed E-state index contributed by atoms with van der Waals surface area (Å²) in [5, 5.41) is 6.79. The number of fused-ring (bicyclic) bond motifs is 1. The maximum Gasteiger partial charge on any atom is 0.227 e. The summed E-state index contributed by atoms with van der Waals surface area (Å²) in [6.07, 6.45) is 6.90. The molecule has 2 aliphatic rings. The van der Waals surface area contributed by atoms with Crippen LogP contribution in [0.3, 0.4) is 0 Å². The van der Waals surface area contributed by atoms with Crippen molar-refractivity contribution in [3.8, 4) is 0 Å². The highest BCUT2D eigenvalue weighted by Crippen LogP contribution is 2.31. The van der Waals surface area contributed by atoms with Crippen molar-refractivity contribution < 1.29 is 4.79 Å². The van der Waals surface area contributed by atoms with E-state index in [-0.39, 0.29) is 17.9 Å². The monoisotopic (exact) mass is 286 g/mol. The summed E-state index contributed by atoms with van der Waals surface area (Å²) in [5.74, 6) is 0.253. The molecule has 3 nitrogen and oxygen atoms in total. The van der Waals surface area contributed by atoms with Gasteiger partial charge in [0.25, 0.3) is 0 Å². The Hall–Kier alpha value is -1.35. The van der Waals surface area contributed by atoms with Crippen LogP contribution < -0.4 is 10.6 Å². The van der Waals surface area contributed by atoms with E-state index in [0.29, 0.717) is 6.04 Å². The summed E-state index contributed by atoms with van der Waals surface area (Å²) >= 11 is 0. The number of carbonyl (C=O) groups excluding carboxylic acids is 1. The first-order chi connectivity index (χ1) is 10.3. The lowest BCUT2D eigenvalue weighted by Crippen LogP contribution is -2.51. The van der Waals surface area contributed by atoms with Crippen molar-refractivity contribution >= 4 is 5.91 Å². The Kier molecular flexibility index (Phi) is 4.59. The van der Waals surface area contributed by atoms with Crippen molar-refractivity contribution in [3.05, 3.63) is 35.4 Å². The van der Waals surface area contributed by atoms with Crippen molar-refractivity contribution in [3.63, 3.8) is 0 Å². The summed E-state index contributed by atoms with van der Waals surface area (Å²) in [6.45, 7) is 3.22. The number of aryl methyl sites for hydroxylation is 1. The number of hydrogen-bond donors (Lipinski definition) is 2. The minimum Gasteiger partial charge on any atom is -0.352 e. The average Bonchev–Trinajstić information content (AvgIpc) is 2.55. The van der Waals surface area contributed by atoms with Crippen LogP contribution in [0, 0.1) is 0 Å². The number of rotatable bonds is 3. The van der Waals surface area contributed by atoms with Crippen LogP contribution in [0.4, 0.5) is 0 Å². The number of piperidine rings is 1. The first-order valence-corrected chi connectivity index (χ1v) is 8.37. The number of nitrogens with one attached hydrogen (secondary N) is 2. The number of carbonyl (C=O) groups is 1. The molecule has 0 bridgehead atoms. The smallest absolute Gasteiger partial charge is 0.227 e. The molecule has 1 aliphatic carbocycles. The summed E-state index contributed by atoms with van der Waals surface area (Å²) < 4.78 is 0. The highest BCUT2D eigenvalue weighted by atomic mass is 16.1. The van der Waals surface area contributed by atoms with Gasteiger partial charge in [0.2, 0.25) is 5.91 Å². The highest BCUT2D eigenvalue weighted by Gasteiger charge is 2.28. The quantitative estimate of drug-likeness (QED) is 0.897. The van der Waals surface area contributed by atoms with Crippen LogP contribution >= 0.6 is 0 Å². The molecule has 21 heavy (non-hydrogen) atoms. The van der Waals surface area contributed by atoms with Crippen LogP contribution in [-0.2, 0) is 11.2 Å². The molecular formula is C18H26N2O. The molecule has 0 radical (unpaired) electrons. The average molecular weight is 286 g/mol. The largest absolute Gasteiger partial charge is 0.352 e. The fraction of sp³-hybridized carbons (Fsp3) is 0.611. The van der Waals surface area contributed by atoms with Crippen molar-refractivity contribution in [2.45, 2.75) is 63.5 Å². The van der Waals surface area contributed by atoms with Gasteiger partial charge in [-0.25, -0.2) is 0 Å². The van der Waals surface area contributed by atoms with Gasteiger partial charge in [-0.2, -0.15) is 0 Å². The van der Waals surface area contributed by atoms with E-state index in [1.807, 2.05) is 0 Å². The topological polar surface area (TPSA) is 41.1 Å². The first-order valence-electron chi connectivity index (χ1n) is 8.37. The second-order valence-electron chi connectivity index (χ2n) is 6.50. The molecule has 1 aliphatic heterocycles. The lowest BCUT2D eigenvalue weighted by molar-refractivity contribution is -0.123. The molecule has 3 rings (SSSR count). The normalized spacial score (nSPS) is 26.7. The SMILES string of the molecule is CC(NC(=O)C1CCCc2ccccc21)C1CCCCN1. The zero-order valence-electron chi connectivity index (χ0n) is 12.9. The van der Waals surface area contributed by atoms with Crippen LogP contribution in [0.25, 0.3) is 0 Å². The van der Waals surface area contributed by atoms with Gasteiger partial charge in [-0.1, -0.05) is 30.7 Å². The lowest BCUT2D eigenvalue weighted by atomic mass is 9.82. The van der Waals surface area contributed by atoms with Crippen LogP contribution in [0.15, 0.2) is 24.3 Å². The van der Waals surface area contributed by atoms with Gasteiger partial charge in [-0.05, 0) is 56.7 Å². The van der Waals surface area contributed by atoms with E-state index in [2.05, 4.69) is 41.8 Å². The third-order valence-corrected chi connectivity index (χ3v) is 5.01. The molecule has 3 unspecified atom stereocenters. The zero-order valence-corrected chi connectivity index (χ0v) is 12.9. The Morgan fingerprint density at radius 3 is 2.90 bits per heavy atom. The molecule has 2 N–H and O–H groups in total. The van der Waals surface area contributed by atoms with Crippen LogP contribution in [0.2, 0.25) is 0 Å². The van der Waals surface area contributed by atoms with E-state index in [1.54, 1.807) is 0 Å². The van der Waals surface area contributed by atoms with Crippen molar-refractivity contribution in [2.24, 2.45) is 0 Å². The fourth-order valence-electron chi connectivity index (χ4n) is 3.76. The minimum absolute atomic E-state index is 0.0426. The fourth-order valence-corrected chi connectivity index (χ4v) is 3.76. The van der Waals surface area contributed by atoms with Crippen molar-refractivity contribution in [1.82, 2.24) is 10.6 Å². The molecule has 1 saturated heterocycles. The third kappa shape index (κ3) is 3.29. The van der Waals surface area contributed by atoms with E-state index in [1.165, 1.54) is 30.4 Å². The molecule has 1 fully saturated rings. The molecule has 0 saturated carbocycles. The van der Waals surface area contributed by atoms with Gasteiger partial charge in [-0.3, -0.25) is 4.79 Å². The minimum atomic E-state index is 0.0426. The Balaban J connectivity index is 1.66. The van der Waals surface area contributed by atoms with Gasteiger partial charge in [0.1, 0.15) is 0 Å². The molecule has 1 heterocycles. The predicted octanol–water partition coefficient (Wildman–Crippen LogP) is 2.75. The van der Waals surface area contributed by atoms with Gasteiger partial charge in [0.05, 0.1) is 5.92 Å². The molecule has 1 aromatic carbocycles. The molecule has 3 heteroatoms. The Labute approximate surface area is 127 Å². The molecule has 0 spiro atoms.